The summed E-state index contributed by atoms with van der Waals surface area (Å²) < 4.78 is 6.59. The molecule has 18 heavy (non-hydrogen) atoms. The second kappa shape index (κ2) is 6.47. The zero-order valence-corrected chi connectivity index (χ0v) is 11.6. The van der Waals surface area contributed by atoms with Crippen LogP contribution < -0.4 is 10.1 Å². The monoisotopic (exact) mass is 307 g/mol. The fraction of sp³-hybridized carbons (Fsp3) is 0.231. The molecule has 5 heteroatoms. The maximum Gasteiger partial charge on any atom is 0.237 e. The number of nitrogens with one attached hydrogen (secondary N) is 1. The highest BCUT2D eigenvalue weighted by Gasteiger charge is 2.00. The van der Waals surface area contributed by atoms with Crippen LogP contribution in [0.5, 0.6) is 11.6 Å². The largest absolute Gasteiger partial charge is 0.438 e. The highest BCUT2D eigenvalue weighted by Crippen LogP contribution is 2.20. The zero-order valence-electron chi connectivity index (χ0n) is 10.1. The number of benzene rings is 1. The molecule has 0 unspecified atom stereocenters. The Labute approximate surface area is 115 Å². The molecular weight excluding hydrogens is 294 g/mol. The number of nitrogens with zero attached hydrogens (tertiary/aromatic N) is 2. The Hall–Kier alpha value is -1.46. The third-order valence-corrected chi connectivity index (χ3v) is 2.80. The van der Waals surface area contributed by atoms with E-state index in [0.29, 0.717) is 5.88 Å². The van der Waals surface area contributed by atoms with Gasteiger partial charge >= 0.3 is 0 Å². The predicted octanol–water partition coefficient (Wildman–Crippen LogP) is 3.14. The SMILES string of the molecule is CCNCc1cnc(Oc2ccc(Br)cc2)cn1. The van der Waals surface area contributed by atoms with Gasteiger partial charge in [-0.3, -0.25) is 4.98 Å². The number of ether oxygens (including phenoxy) is 1. The summed E-state index contributed by atoms with van der Waals surface area (Å²) in [6, 6.07) is 7.58. The summed E-state index contributed by atoms with van der Waals surface area (Å²) in [4.78, 5) is 8.48. The Morgan fingerprint density at radius 3 is 2.56 bits per heavy atom. The average Bonchev–Trinajstić information content (AvgIpc) is 2.41. The molecule has 0 aliphatic carbocycles. The first kappa shape index (κ1) is 13.0. The van der Waals surface area contributed by atoms with E-state index in [4.69, 9.17) is 4.74 Å². The van der Waals surface area contributed by atoms with Crippen LogP contribution in [0.2, 0.25) is 0 Å². The topological polar surface area (TPSA) is 47.0 Å². The van der Waals surface area contributed by atoms with Gasteiger partial charge in [0.1, 0.15) is 5.75 Å². The van der Waals surface area contributed by atoms with E-state index in [-0.39, 0.29) is 0 Å². The molecule has 0 spiro atoms. The zero-order chi connectivity index (χ0) is 12.8. The van der Waals surface area contributed by atoms with E-state index in [1.54, 1.807) is 12.4 Å². The van der Waals surface area contributed by atoms with Crippen molar-refractivity contribution in [3.63, 3.8) is 0 Å². The van der Waals surface area contributed by atoms with Crippen LogP contribution >= 0.6 is 15.9 Å². The first-order chi connectivity index (χ1) is 8.78. The molecule has 0 radical (unpaired) electrons. The Kier molecular flexibility index (Phi) is 4.66. The maximum atomic E-state index is 5.58. The molecule has 1 aromatic heterocycles. The minimum absolute atomic E-state index is 0.498. The van der Waals surface area contributed by atoms with E-state index >= 15 is 0 Å². The van der Waals surface area contributed by atoms with Gasteiger partial charge in [-0.2, -0.15) is 0 Å². The first-order valence-electron chi connectivity index (χ1n) is 5.73. The van der Waals surface area contributed by atoms with Gasteiger partial charge in [0, 0.05) is 11.0 Å². The predicted molar refractivity (Wildman–Crippen MR) is 73.6 cm³/mol. The van der Waals surface area contributed by atoms with Crippen LogP contribution in [-0.2, 0) is 6.54 Å². The summed E-state index contributed by atoms with van der Waals surface area (Å²) >= 11 is 3.37. The van der Waals surface area contributed by atoms with Gasteiger partial charge in [0.25, 0.3) is 0 Å². The summed E-state index contributed by atoms with van der Waals surface area (Å²) in [5, 5.41) is 3.19. The van der Waals surface area contributed by atoms with E-state index in [9.17, 15) is 0 Å². The van der Waals surface area contributed by atoms with Crippen LogP contribution in [-0.4, -0.2) is 16.5 Å². The Morgan fingerprint density at radius 1 is 1.17 bits per heavy atom. The Balaban J connectivity index is 1.99. The van der Waals surface area contributed by atoms with Crippen LogP contribution in [0.4, 0.5) is 0 Å². The second-order valence-corrected chi connectivity index (χ2v) is 4.60. The van der Waals surface area contributed by atoms with E-state index < -0.39 is 0 Å². The number of aromatic nitrogens is 2. The van der Waals surface area contributed by atoms with E-state index in [1.165, 1.54) is 0 Å². The van der Waals surface area contributed by atoms with E-state index in [0.717, 1.165) is 29.0 Å². The summed E-state index contributed by atoms with van der Waals surface area (Å²) in [6.45, 7) is 3.69. The smallest absolute Gasteiger partial charge is 0.237 e. The Morgan fingerprint density at radius 2 is 1.94 bits per heavy atom. The van der Waals surface area contributed by atoms with Crippen molar-refractivity contribution in [2.24, 2.45) is 0 Å². The molecule has 94 valence electrons. The van der Waals surface area contributed by atoms with Crippen molar-refractivity contribution in [1.82, 2.24) is 15.3 Å². The Bertz CT molecular complexity index is 485. The van der Waals surface area contributed by atoms with Crippen LogP contribution in [0.3, 0.4) is 0 Å². The fourth-order valence-electron chi connectivity index (χ4n) is 1.36. The van der Waals surface area contributed by atoms with Crippen molar-refractivity contribution in [1.29, 1.82) is 0 Å². The van der Waals surface area contributed by atoms with Crippen LogP contribution in [0.1, 0.15) is 12.6 Å². The molecule has 1 aromatic carbocycles. The molecule has 0 atom stereocenters. The van der Waals surface area contributed by atoms with Gasteiger partial charge in [0.2, 0.25) is 5.88 Å². The summed E-state index contributed by atoms with van der Waals surface area (Å²) in [6.07, 6.45) is 3.35. The highest BCUT2D eigenvalue weighted by atomic mass is 79.9. The molecule has 0 bridgehead atoms. The van der Waals surface area contributed by atoms with Crippen molar-refractivity contribution in [3.05, 3.63) is 46.8 Å². The third kappa shape index (κ3) is 3.78. The molecule has 0 saturated carbocycles. The van der Waals surface area contributed by atoms with Gasteiger partial charge in [0.05, 0.1) is 18.1 Å². The van der Waals surface area contributed by atoms with E-state index in [2.05, 4.69) is 38.1 Å². The molecule has 1 N–H and O–H groups in total. The van der Waals surface area contributed by atoms with Gasteiger partial charge in [-0.15, -0.1) is 0 Å². The summed E-state index contributed by atoms with van der Waals surface area (Å²) in [5.41, 5.74) is 0.903. The maximum absolute atomic E-state index is 5.58. The normalized spacial score (nSPS) is 10.3. The standard InChI is InChI=1S/C13H14BrN3O/c1-2-15-7-11-8-17-13(9-16-11)18-12-5-3-10(14)4-6-12/h3-6,8-9,15H,2,7H2,1H3. The lowest BCUT2D eigenvalue weighted by Gasteiger charge is -2.05. The number of rotatable bonds is 5. The van der Waals surface area contributed by atoms with Crippen molar-refractivity contribution >= 4 is 15.9 Å². The van der Waals surface area contributed by atoms with Crippen molar-refractivity contribution in [3.8, 4) is 11.6 Å². The number of hydrogen-bond acceptors (Lipinski definition) is 4. The molecule has 0 amide bonds. The third-order valence-electron chi connectivity index (χ3n) is 2.27. The minimum atomic E-state index is 0.498. The van der Waals surface area contributed by atoms with Gasteiger partial charge in [-0.1, -0.05) is 22.9 Å². The molecule has 0 saturated heterocycles. The highest BCUT2D eigenvalue weighted by molar-refractivity contribution is 9.10. The molecule has 0 fully saturated rings. The van der Waals surface area contributed by atoms with E-state index in [1.807, 2.05) is 24.3 Å². The lowest BCUT2D eigenvalue weighted by Crippen LogP contribution is -2.13. The lowest BCUT2D eigenvalue weighted by atomic mass is 10.3. The molecule has 2 rings (SSSR count). The van der Waals surface area contributed by atoms with Crippen LogP contribution in [0.15, 0.2) is 41.1 Å². The summed E-state index contributed by atoms with van der Waals surface area (Å²) in [5.74, 6) is 1.24. The van der Waals surface area contributed by atoms with Gasteiger partial charge in [0.15, 0.2) is 0 Å². The first-order valence-corrected chi connectivity index (χ1v) is 6.52. The minimum Gasteiger partial charge on any atom is -0.438 e. The van der Waals surface area contributed by atoms with Gasteiger partial charge < -0.3 is 10.1 Å². The molecular formula is C13H14BrN3O. The van der Waals surface area contributed by atoms with Crippen LogP contribution in [0.25, 0.3) is 0 Å². The van der Waals surface area contributed by atoms with Crippen molar-refractivity contribution in [2.45, 2.75) is 13.5 Å². The van der Waals surface area contributed by atoms with Crippen molar-refractivity contribution < 1.29 is 4.74 Å². The number of hydrogen-bond donors (Lipinski definition) is 1. The van der Waals surface area contributed by atoms with Crippen LogP contribution in [0, 0.1) is 0 Å². The van der Waals surface area contributed by atoms with Gasteiger partial charge in [-0.05, 0) is 30.8 Å². The summed E-state index contributed by atoms with van der Waals surface area (Å²) in [7, 11) is 0. The van der Waals surface area contributed by atoms with Gasteiger partial charge in [-0.25, -0.2) is 4.98 Å². The van der Waals surface area contributed by atoms with Crippen molar-refractivity contribution in [2.75, 3.05) is 6.54 Å². The average molecular weight is 308 g/mol. The number of halogens is 1. The lowest BCUT2D eigenvalue weighted by molar-refractivity contribution is 0.458. The molecule has 0 aliphatic rings. The molecule has 0 aliphatic heterocycles. The fourth-order valence-corrected chi connectivity index (χ4v) is 1.63. The quantitative estimate of drug-likeness (QED) is 0.922. The molecule has 2 aromatic rings. The molecule has 4 nitrogen and oxygen atoms in total. The molecule has 1 heterocycles. The second-order valence-electron chi connectivity index (χ2n) is 3.68.